The third kappa shape index (κ3) is 3.46. The number of nitrogens with two attached hydrogens (primary N) is 1. The van der Waals surface area contributed by atoms with E-state index in [1.807, 2.05) is 44.1 Å². The van der Waals surface area contributed by atoms with Crippen LogP contribution in [-0.2, 0) is 0 Å². The van der Waals surface area contributed by atoms with Crippen molar-refractivity contribution in [2.45, 2.75) is 13.0 Å². The van der Waals surface area contributed by atoms with Crippen LogP contribution in [0.4, 0.5) is 5.69 Å². The molecular weight excluding hydrogens is 286 g/mol. The Kier molecular flexibility index (Phi) is 4.69. The topological polar surface area (TPSA) is 67.6 Å². The standard InChI is InChI=1S/C15H21N3O2S/c1-9(8-18(2)3)17-15(19)14-13(16)11-6-5-10(20-4)7-12(11)21-14/h5-7,9H,8,16H2,1-4H3,(H,17,19). The van der Waals surface area contributed by atoms with Gasteiger partial charge in [0.1, 0.15) is 10.6 Å². The highest BCUT2D eigenvalue weighted by molar-refractivity contribution is 7.21. The Morgan fingerprint density at radius 3 is 2.81 bits per heavy atom. The van der Waals surface area contributed by atoms with Crippen molar-refractivity contribution in [3.05, 3.63) is 23.1 Å². The van der Waals surface area contributed by atoms with E-state index in [1.165, 1.54) is 11.3 Å². The number of nitrogens with one attached hydrogen (secondary N) is 1. The normalized spacial score (nSPS) is 12.6. The third-order valence-electron chi connectivity index (χ3n) is 3.16. The molecule has 0 saturated heterocycles. The van der Waals surface area contributed by atoms with Crippen molar-refractivity contribution >= 4 is 33.0 Å². The highest BCUT2D eigenvalue weighted by atomic mass is 32.1. The number of rotatable bonds is 5. The quantitative estimate of drug-likeness (QED) is 0.888. The van der Waals surface area contributed by atoms with Crippen molar-refractivity contribution in [1.82, 2.24) is 10.2 Å². The van der Waals surface area contributed by atoms with Crippen molar-refractivity contribution in [3.8, 4) is 5.75 Å². The molecule has 21 heavy (non-hydrogen) atoms. The van der Waals surface area contributed by atoms with Crippen molar-refractivity contribution < 1.29 is 9.53 Å². The zero-order valence-corrected chi connectivity index (χ0v) is 13.6. The highest BCUT2D eigenvalue weighted by Crippen LogP contribution is 2.35. The Balaban J connectivity index is 2.25. The number of carbonyl (C=O) groups is 1. The summed E-state index contributed by atoms with van der Waals surface area (Å²) >= 11 is 1.39. The van der Waals surface area contributed by atoms with Gasteiger partial charge in [0, 0.05) is 22.7 Å². The Morgan fingerprint density at radius 2 is 2.19 bits per heavy atom. The van der Waals surface area contributed by atoms with Crippen molar-refractivity contribution in [1.29, 1.82) is 0 Å². The van der Waals surface area contributed by atoms with Crippen LogP contribution >= 0.6 is 11.3 Å². The smallest absolute Gasteiger partial charge is 0.263 e. The summed E-state index contributed by atoms with van der Waals surface area (Å²) in [5, 5.41) is 3.87. The van der Waals surface area contributed by atoms with Crippen LogP contribution in [0.5, 0.6) is 5.75 Å². The first kappa shape index (κ1) is 15.6. The van der Waals surface area contributed by atoms with E-state index in [0.717, 1.165) is 22.4 Å². The molecule has 1 aromatic carbocycles. The molecule has 0 fully saturated rings. The number of nitrogen functional groups attached to an aromatic ring is 1. The highest BCUT2D eigenvalue weighted by Gasteiger charge is 2.18. The summed E-state index contributed by atoms with van der Waals surface area (Å²) in [5.41, 5.74) is 6.64. The average Bonchev–Trinajstić information content (AvgIpc) is 2.74. The molecular formula is C15H21N3O2S. The van der Waals surface area contributed by atoms with E-state index >= 15 is 0 Å². The van der Waals surface area contributed by atoms with Gasteiger partial charge in [-0.15, -0.1) is 11.3 Å². The number of methoxy groups -OCH3 is 1. The van der Waals surface area contributed by atoms with Gasteiger partial charge in [0.25, 0.3) is 5.91 Å². The van der Waals surface area contributed by atoms with E-state index in [0.29, 0.717) is 10.6 Å². The van der Waals surface area contributed by atoms with E-state index < -0.39 is 0 Å². The fourth-order valence-electron chi connectivity index (χ4n) is 2.28. The number of likely N-dealkylation sites (N-methyl/N-ethyl adjacent to an activating group) is 1. The first-order valence-electron chi connectivity index (χ1n) is 6.74. The molecule has 2 rings (SSSR count). The molecule has 1 heterocycles. The van der Waals surface area contributed by atoms with E-state index in [2.05, 4.69) is 5.32 Å². The van der Waals surface area contributed by atoms with E-state index in [1.54, 1.807) is 7.11 Å². The third-order valence-corrected chi connectivity index (χ3v) is 4.33. The molecule has 1 amide bonds. The van der Waals surface area contributed by atoms with Crippen LogP contribution in [0.2, 0.25) is 0 Å². The van der Waals surface area contributed by atoms with Crippen molar-refractivity contribution in [2.24, 2.45) is 0 Å². The fraction of sp³-hybridized carbons (Fsp3) is 0.400. The Bertz CT molecular complexity index is 652. The maximum atomic E-state index is 12.4. The SMILES string of the molecule is COc1ccc2c(N)c(C(=O)NC(C)CN(C)C)sc2c1. The minimum absolute atomic E-state index is 0.0617. The fourth-order valence-corrected chi connectivity index (χ4v) is 3.33. The maximum absolute atomic E-state index is 12.4. The molecule has 0 aliphatic rings. The predicted molar refractivity (Wildman–Crippen MR) is 88.3 cm³/mol. The lowest BCUT2D eigenvalue weighted by molar-refractivity contribution is 0.0939. The zero-order valence-electron chi connectivity index (χ0n) is 12.8. The van der Waals surface area contributed by atoms with E-state index in [9.17, 15) is 4.79 Å². The predicted octanol–water partition coefficient (Wildman–Crippen LogP) is 2.17. The molecule has 5 nitrogen and oxygen atoms in total. The lowest BCUT2D eigenvalue weighted by Gasteiger charge is -2.17. The lowest BCUT2D eigenvalue weighted by Crippen LogP contribution is -2.39. The second kappa shape index (κ2) is 6.32. The number of carbonyl (C=O) groups excluding carboxylic acids is 1. The minimum Gasteiger partial charge on any atom is -0.497 e. The van der Waals surface area contributed by atoms with Crippen LogP contribution in [0, 0.1) is 0 Å². The summed E-state index contributed by atoms with van der Waals surface area (Å²) in [4.78, 5) is 14.9. The maximum Gasteiger partial charge on any atom is 0.263 e. The molecule has 0 aliphatic heterocycles. The molecule has 1 unspecified atom stereocenters. The number of thiophene rings is 1. The van der Waals surface area contributed by atoms with Gasteiger partial charge in [0.05, 0.1) is 12.8 Å². The van der Waals surface area contributed by atoms with Crippen LogP contribution < -0.4 is 15.8 Å². The number of ether oxygens (including phenoxy) is 1. The van der Waals surface area contributed by atoms with Gasteiger partial charge in [-0.25, -0.2) is 0 Å². The Morgan fingerprint density at radius 1 is 1.48 bits per heavy atom. The van der Waals surface area contributed by atoms with Gasteiger partial charge in [0.15, 0.2) is 0 Å². The molecule has 3 N–H and O–H groups in total. The molecule has 114 valence electrons. The summed E-state index contributed by atoms with van der Waals surface area (Å²) in [5.74, 6) is 0.638. The molecule has 0 aliphatic carbocycles. The Hall–Kier alpha value is -1.79. The first-order valence-corrected chi connectivity index (χ1v) is 7.55. The van der Waals surface area contributed by atoms with Gasteiger partial charge < -0.3 is 20.7 Å². The summed E-state index contributed by atoms with van der Waals surface area (Å²) in [6.45, 7) is 2.76. The average molecular weight is 307 g/mol. The number of amides is 1. The van der Waals surface area contributed by atoms with Crippen LogP contribution in [0.3, 0.4) is 0 Å². The molecule has 2 aromatic rings. The molecule has 0 saturated carbocycles. The van der Waals surface area contributed by atoms with E-state index in [-0.39, 0.29) is 11.9 Å². The van der Waals surface area contributed by atoms with Gasteiger partial charge in [-0.05, 0) is 39.2 Å². The largest absolute Gasteiger partial charge is 0.497 e. The van der Waals surface area contributed by atoms with Gasteiger partial charge in [-0.1, -0.05) is 0 Å². The molecule has 0 spiro atoms. The van der Waals surface area contributed by atoms with Crippen LogP contribution in [-0.4, -0.2) is 44.6 Å². The van der Waals surface area contributed by atoms with Gasteiger partial charge >= 0.3 is 0 Å². The zero-order chi connectivity index (χ0) is 15.6. The van der Waals surface area contributed by atoms with Gasteiger partial charge in [-0.3, -0.25) is 4.79 Å². The van der Waals surface area contributed by atoms with Gasteiger partial charge in [0.2, 0.25) is 0 Å². The number of hydrogen-bond donors (Lipinski definition) is 2. The second-order valence-corrected chi connectivity index (χ2v) is 6.40. The van der Waals surface area contributed by atoms with Crippen molar-refractivity contribution in [3.63, 3.8) is 0 Å². The molecule has 1 atom stereocenters. The number of benzene rings is 1. The summed E-state index contributed by atoms with van der Waals surface area (Å²) in [6.07, 6.45) is 0. The Labute approximate surface area is 128 Å². The summed E-state index contributed by atoms with van der Waals surface area (Å²) < 4.78 is 6.16. The summed E-state index contributed by atoms with van der Waals surface area (Å²) in [7, 11) is 5.57. The van der Waals surface area contributed by atoms with Crippen LogP contribution in [0.1, 0.15) is 16.6 Å². The van der Waals surface area contributed by atoms with Crippen molar-refractivity contribution in [2.75, 3.05) is 33.5 Å². The number of anilines is 1. The molecule has 6 heteroatoms. The molecule has 1 aromatic heterocycles. The summed E-state index contributed by atoms with van der Waals surface area (Å²) in [6, 6.07) is 5.70. The first-order chi connectivity index (χ1) is 9.92. The van der Waals surface area contributed by atoms with E-state index in [4.69, 9.17) is 10.5 Å². The number of hydrogen-bond acceptors (Lipinski definition) is 5. The van der Waals surface area contributed by atoms with Crippen LogP contribution in [0.15, 0.2) is 18.2 Å². The van der Waals surface area contributed by atoms with Crippen LogP contribution in [0.25, 0.3) is 10.1 Å². The monoisotopic (exact) mass is 307 g/mol. The number of nitrogens with zero attached hydrogens (tertiary/aromatic N) is 1. The molecule has 0 radical (unpaired) electrons. The number of fused-ring (bicyclic) bond motifs is 1. The molecule has 0 bridgehead atoms. The minimum atomic E-state index is -0.123. The van der Waals surface area contributed by atoms with Gasteiger partial charge in [-0.2, -0.15) is 0 Å². The lowest BCUT2D eigenvalue weighted by atomic mass is 10.2. The second-order valence-electron chi connectivity index (χ2n) is 5.34.